The van der Waals surface area contributed by atoms with Crippen LogP contribution in [-0.4, -0.2) is 85.9 Å². The number of rotatable bonds is 36. The fourth-order valence-electron chi connectivity index (χ4n) is 5.38. The van der Waals surface area contributed by atoms with E-state index in [4.69, 9.17) is 14.2 Å². The van der Waals surface area contributed by atoms with Gasteiger partial charge in [0, 0.05) is 19.3 Å². The van der Waals surface area contributed by atoms with Crippen LogP contribution in [0.1, 0.15) is 136 Å². The molecule has 1 aromatic heterocycles. The largest absolute Gasteiger partial charge is 0.464 e. The Morgan fingerprint density at radius 2 is 0.667 bits per heavy atom. The molecule has 1 heterocycles. The number of hydrogen-bond donors (Lipinski definition) is 0. The van der Waals surface area contributed by atoms with Crippen LogP contribution in [0.5, 0.6) is 0 Å². The minimum absolute atomic E-state index is 0.229. The lowest BCUT2D eigenvalue weighted by atomic mass is 10.2. The molecule has 0 aliphatic heterocycles. The van der Waals surface area contributed by atoms with Gasteiger partial charge in [-0.2, -0.15) is 35.3 Å². The molecular weight excluding hydrogens is 751 g/mol. The number of ether oxygens (including phenoxy) is 3. The fourth-order valence-corrected chi connectivity index (χ4v) is 8.26. The number of esters is 3. The highest BCUT2D eigenvalue weighted by molar-refractivity contribution is 7.99. The Labute approximate surface area is 336 Å². The van der Waals surface area contributed by atoms with Crippen molar-refractivity contribution in [2.45, 2.75) is 156 Å². The standard InChI is InChI=1S/C39H69N3O9S3/c1-4-7-10-13-28-52-31-16-19-34(43)49-25-22-40-37(46)41(23-26-50-35(44)20-17-32-53-29-14-11-8-5-2)39(48)42(38(40)47)24-27-51-36(45)21-18-33-54-30-15-12-9-6-3/h4-33H2,1-3H3. The van der Waals surface area contributed by atoms with Crippen LogP contribution in [0.25, 0.3) is 0 Å². The van der Waals surface area contributed by atoms with E-state index in [-0.39, 0.29) is 58.7 Å². The second-order valence-corrected chi connectivity index (χ2v) is 17.0. The topological polar surface area (TPSA) is 145 Å². The number of aromatic nitrogens is 3. The monoisotopic (exact) mass is 819 g/mol. The Morgan fingerprint density at radius 3 is 0.926 bits per heavy atom. The van der Waals surface area contributed by atoms with Gasteiger partial charge < -0.3 is 14.2 Å². The predicted octanol–water partition coefficient (Wildman–Crippen LogP) is 7.08. The second kappa shape index (κ2) is 34.1. The van der Waals surface area contributed by atoms with Gasteiger partial charge in [0.15, 0.2) is 0 Å². The van der Waals surface area contributed by atoms with Gasteiger partial charge in [0.1, 0.15) is 19.8 Å². The molecule has 1 rings (SSSR count). The van der Waals surface area contributed by atoms with Crippen LogP contribution in [0.3, 0.4) is 0 Å². The van der Waals surface area contributed by atoms with E-state index < -0.39 is 35.0 Å². The van der Waals surface area contributed by atoms with Crippen LogP contribution in [0.2, 0.25) is 0 Å². The van der Waals surface area contributed by atoms with E-state index in [9.17, 15) is 28.8 Å². The lowest BCUT2D eigenvalue weighted by Gasteiger charge is -2.14. The van der Waals surface area contributed by atoms with Gasteiger partial charge in [-0.05, 0) is 73.0 Å². The van der Waals surface area contributed by atoms with Crippen LogP contribution in [0, 0.1) is 0 Å². The summed E-state index contributed by atoms with van der Waals surface area (Å²) < 4.78 is 18.5. The first-order valence-corrected chi connectivity index (χ1v) is 23.9. The first-order valence-electron chi connectivity index (χ1n) is 20.4. The Bertz CT molecular complexity index is 1150. The first-order chi connectivity index (χ1) is 26.3. The maximum absolute atomic E-state index is 13.4. The van der Waals surface area contributed by atoms with E-state index in [2.05, 4.69) is 20.8 Å². The molecule has 312 valence electrons. The highest BCUT2D eigenvalue weighted by Gasteiger charge is 2.17. The molecule has 0 fully saturated rings. The molecule has 0 N–H and O–H groups in total. The molecule has 12 nitrogen and oxygen atoms in total. The van der Waals surface area contributed by atoms with Gasteiger partial charge in [-0.15, -0.1) is 0 Å². The third kappa shape index (κ3) is 24.4. The van der Waals surface area contributed by atoms with Crippen molar-refractivity contribution in [3.05, 3.63) is 31.5 Å². The van der Waals surface area contributed by atoms with Gasteiger partial charge in [0.05, 0.1) is 19.6 Å². The zero-order valence-electron chi connectivity index (χ0n) is 33.5. The van der Waals surface area contributed by atoms with Gasteiger partial charge in [0.25, 0.3) is 0 Å². The maximum atomic E-state index is 13.4. The van der Waals surface area contributed by atoms with Crippen molar-refractivity contribution in [2.24, 2.45) is 0 Å². The Hall–Kier alpha value is -2.13. The summed E-state index contributed by atoms with van der Waals surface area (Å²) in [4.78, 5) is 77.1. The summed E-state index contributed by atoms with van der Waals surface area (Å²) in [6.45, 7) is 5.06. The Kier molecular flexibility index (Phi) is 31.5. The van der Waals surface area contributed by atoms with Crippen molar-refractivity contribution in [1.82, 2.24) is 13.7 Å². The van der Waals surface area contributed by atoms with Gasteiger partial charge in [-0.1, -0.05) is 78.6 Å². The van der Waals surface area contributed by atoms with E-state index in [1.165, 1.54) is 77.0 Å². The summed E-state index contributed by atoms with van der Waals surface area (Å²) >= 11 is 5.44. The summed E-state index contributed by atoms with van der Waals surface area (Å²) in [6, 6.07) is 0. The van der Waals surface area contributed by atoms with E-state index in [0.717, 1.165) is 48.2 Å². The molecule has 1 aromatic rings. The number of unbranched alkanes of at least 4 members (excludes halogenated alkanes) is 9. The van der Waals surface area contributed by atoms with Crippen molar-refractivity contribution < 1.29 is 28.6 Å². The van der Waals surface area contributed by atoms with Gasteiger partial charge in [-0.3, -0.25) is 14.4 Å². The number of carbonyl (C=O) groups is 3. The van der Waals surface area contributed by atoms with Crippen LogP contribution >= 0.6 is 35.3 Å². The SMILES string of the molecule is CCCCCCSCCCC(=O)OCCn1c(=O)n(CCOC(=O)CCCSCCCCCC)c(=O)n(CCOC(=O)CCCSCCCCCC)c1=O. The molecule has 0 amide bonds. The number of thioether (sulfide) groups is 3. The van der Waals surface area contributed by atoms with Crippen molar-refractivity contribution in [3.8, 4) is 0 Å². The summed E-state index contributed by atoms with van der Waals surface area (Å²) in [6.07, 6.45) is 17.1. The fraction of sp³-hybridized carbons (Fsp3) is 0.846. The van der Waals surface area contributed by atoms with Gasteiger partial charge in [-0.25, -0.2) is 28.1 Å². The van der Waals surface area contributed by atoms with Gasteiger partial charge in [0.2, 0.25) is 0 Å². The number of nitrogens with zero attached hydrogens (tertiary/aromatic N) is 3. The molecule has 0 saturated heterocycles. The van der Waals surface area contributed by atoms with Crippen molar-refractivity contribution >= 4 is 53.2 Å². The molecule has 0 unspecified atom stereocenters. The average Bonchev–Trinajstić information content (AvgIpc) is 3.15. The van der Waals surface area contributed by atoms with E-state index in [0.29, 0.717) is 19.3 Å². The minimum Gasteiger partial charge on any atom is -0.464 e. The number of carbonyl (C=O) groups excluding carboxylic acids is 3. The normalized spacial score (nSPS) is 11.2. The lowest BCUT2D eigenvalue weighted by molar-refractivity contribution is -0.144. The number of hydrogen-bond acceptors (Lipinski definition) is 12. The van der Waals surface area contributed by atoms with Crippen molar-refractivity contribution in [3.63, 3.8) is 0 Å². The summed E-state index contributed by atoms with van der Waals surface area (Å²) in [7, 11) is 0. The lowest BCUT2D eigenvalue weighted by Crippen LogP contribution is -2.55. The van der Waals surface area contributed by atoms with Crippen molar-refractivity contribution in [2.75, 3.05) is 54.3 Å². The third-order valence-corrected chi connectivity index (χ3v) is 12.0. The molecule has 0 radical (unpaired) electrons. The Morgan fingerprint density at radius 1 is 0.407 bits per heavy atom. The summed E-state index contributed by atoms with van der Waals surface area (Å²) in [5.41, 5.74) is -2.68. The van der Waals surface area contributed by atoms with E-state index >= 15 is 0 Å². The summed E-state index contributed by atoms with van der Waals surface area (Å²) in [5, 5.41) is 0. The molecule has 0 aliphatic carbocycles. The molecule has 0 bridgehead atoms. The smallest absolute Gasteiger partial charge is 0.336 e. The van der Waals surface area contributed by atoms with Crippen LogP contribution in [0.4, 0.5) is 0 Å². The second-order valence-electron chi connectivity index (χ2n) is 13.3. The van der Waals surface area contributed by atoms with E-state index in [1.54, 1.807) is 0 Å². The van der Waals surface area contributed by atoms with Crippen molar-refractivity contribution in [1.29, 1.82) is 0 Å². The molecule has 0 atom stereocenters. The molecule has 0 saturated carbocycles. The zero-order chi connectivity index (χ0) is 39.7. The van der Waals surface area contributed by atoms with E-state index in [1.807, 2.05) is 35.3 Å². The Balaban J connectivity index is 2.76. The maximum Gasteiger partial charge on any atom is 0.336 e. The molecule has 0 aromatic carbocycles. The average molecular weight is 820 g/mol. The molecule has 0 aliphatic rings. The quantitative estimate of drug-likeness (QED) is 0.0388. The molecular formula is C39H69N3O9S3. The highest BCUT2D eigenvalue weighted by atomic mass is 32.2. The molecule has 0 spiro atoms. The molecule has 54 heavy (non-hydrogen) atoms. The van der Waals surface area contributed by atoms with Crippen LogP contribution in [0.15, 0.2) is 14.4 Å². The predicted molar refractivity (Wildman–Crippen MR) is 224 cm³/mol. The molecule has 15 heteroatoms. The van der Waals surface area contributed by atoms with Crippen LogP contribution < -0.4 is 17.1 Å². The van der Waals surface area contributed by atoms with Gasteiger partial charge >= 0.3 is 35.0 Å². The zero-order valence-corrected chi connectivity index (χ0v) is 35.9. The highest BCUT2D eigenvalue weighted by Crippen LogP contribution is 2.12. The minimum atomic E-state index is -0.892. The summed E-state index contributed by atoms with van der Waals surface area (Å²) in [5.74, 6) is 4.47. The third-order valence-electron chi connectivity index (χ3n) is 8.55. The van der Waals surface area contributed by atoms with Crippen LogP contribution in [-0.2, 0) is 48.2 Å². The first kappa shape index (κ1) is 49.9.